The normalized spacial score (nSPS) is 18.1. The van der Waals surface area contributed by atoms with Crippen molar-refractivity contribution in [2.75, 3.05) is 13.2 Å². The number of nitriles is 1. The van der Waals surface area contributed by atoms with E-state index in [1.54, 1.807) is 0 Å². The number of nitrogens with one attached hydrogen (secondary N) is 1. The van der Waals surface area contributed by atoms with Gasteiger partial charge in [-0.25, -0.2) is 0 Å². The zero-order chi connectivity index (χ0) is 10.4. The van der Waals surface area contributed by atoms with Gasteiger partial charge in [0, 0.05) is 12.6 Å². The predicted molar refractivity (Wildman–Crippen MR) is 55.8 cm³/mol. The van der Waals surface area contributed by atoms with Crippen LogP contribution in [-0.4, -0.2) is 25.3 Å². The highest BCUT2D eigenvalue weighted by atomic mass is 16.5. The van der Waals surface area contributed by atoms with Crippen molar-refractivity contribution in [1.82, 2.24) is 5.32 Å². The van der Waals surface area contributed by atoms with Gasteiger partial charge >= 0.3 is 0 Å². The molecular formula is C11H20N2O. The molecule has 3 heteroatoms. The molecule has 14 heavy (non-hydrogen) atoms. The van der Waals surface area contributed by atoms with Gasteiger partial charge < -0.3 is 4.74 Å². The molecule has 80 valence electrons. The van der Waals surface area contributed by atoms with E-state index in [4.69, 9.17) is 10.00 Å². The molecule has 0 aliphatic heterocycles. The van der Waals surface area contributed by atoms with Crippen molar-refractivity contribution >= 4 is 0 Å². The van der Waals surface area contributed by atoms with Crippen LogP contribution in [0, 0.1) is 17.2 Å². The van der Waals surface area contributed by atoms with Gasteiger partial charge in [-0.3, -0.25) is 5.32 Å². The third-order valence-electron chi connectivity index (χ3n) is 2.29. The van der Waals surface area contributed by atoms with Gasteiger partial charge in [-0.05, 0) is 25.2 Å². The average Bonchev–Trinajstić information content (AvgIpc) is 2.93. The van der Waals surface area contributed by atoms with Gasteiger partial charge in [-0.15, -0.1) is 0 Å². The van der Waals surface area contributed by atoms with Gasteiger partial charge in [0.05, 0.1) is 12.7 Å². The van der Waals surface area contributed by atoms with Crippen LogP contribution in [0.3, 0.4) is 0 Å². The van der Waals surface area contributed by atoms with Crippen LogP contribution in [0.5, 0.6) is 0 Å². The molecule has 0 aromatic rings. The minimum atomic E-state index is -0.116. The molecule has 1 unspecified atom stereocenters. The molecular weight excluding hydrogens is 176 g/mol. The fourth-order valence-corrected chi connectivity index (χ4v) is 1.18. The van der Waals surface area contributed by atoms with E-state index in [-0.39, 0.29) is 6.04 Å². The van der Waals surface area contributed by atoms with Gasteiger partial charge in [0.2, 0.25) is 0 Å². The lowest BCUT2D eigenvalue weighted by atomic mass is 10.1. The van der Waals surface area contributed by atoms with Crippen LogP contribution in [0.1, 0.15) is 33.1 Å². The Bertz CT molecular complexity index is 194. The molecule has 0 aromatic carbocycles. The highest BCUT2D eigenvalue weighted by Crippen LogP contribution is 2.19. The fourth-order valence-electron chi connectivity index (χ4n) is 1.18. The van der Waals surface area contributed by atoms with Crippen molar-refractivity contribution in [2.45, 2.75) is 45.2 Å². The van der Waals surface area contributed by atoms with Gasteiger partial charge in [0.1, 0.15) is 6.04 Å². The second kappa shape index (κ2) is 6.00. The topological polar surface area (TPSA) is 45.0 Å². The van der Waals surface area contributed by atoms with Crippen molar-refractivity contribution in [2.24, 2.45) is 5.92 Å². The van der Waals surface area contributed by atoms with Crippen molar-refractivity contribution < 1.29 is 4.74 Å². The summed E-state index contributed by atoms with van der Waals surface area (Å²) in [6.45, 7) is 5.64. The van der Waals surface area contributed by atoms with E-state index in [0.29, 0.717) is 18.6 Å². The molecule has 0 radical (unpaired) electrons. The molecule has 1 atom stereocenters. The number of rotatable bonds is 7. The van der Waals surface area contributed by atoms with Crippen LogP contribution in [0.2, 0.25) is 0 Å². The summed E-state index contributed by atoms with van der Waals surface area (Å²) >= 11 is 0. The van der Waals surface area contributed by atoms with E-state index >= 15 is 0 Å². The zero-order valence-electron chi connectivity index (χ0n) is 9.12. The Hall–Kier alpha value is -0.590. The van der Waals surface area contributed by atoms with Crippen LogP contribution < -0.4 is 5.32 Å². The number of hydrogen-bond donors (Lipinski definition) is 1. The zero-order valence-corrected chi connectivity index (χ0v) is 9.12. The Balaban J connectivity index is 1.99. The van der Waals surface area contributed by atoms with Crippen molar-refractivity contribution in [3.8, 4) is 6.07 Å². The number of ether oxygens (including phenoxy) is 1. The highest BCUT2D eigenvalue weighted by Gasteiger charge is 2.24. The first-order valence-electron chi connectivity index (χ1n) is 5.45. The summed E-state index contributed by atoms with van der Waals surface area (Å²) in [5.41, 5.74) is 0. The molecule has 0 amide bonds. The minimum Gasteiger partial charge on any atom is -0.379 e. The van der Waals surface area contributed by atoms with Crippen molar-refractivity contribution in [3.63, 3.8) is 0 Å². The Morgan fingerprint density at radius 3 is 2.71 bits per heavy atom. The van der Waals surface area contributed by atoms with Crippen LogP contribution in [0.4, 0.5) is 0 Å². The number of nitrogens with zero attached hydrogens (tertiary/aromatic N) is 1. The van der Waals surface area contributed by atoms with Crippen LogP contribution >= 0.6 is 0 Å². The van der Waals surface area contributed by atoms with Gasteiger partial charge in [0.15, 0.2) is 0 Å². The van der Waals surface area contributed by atoms with Crippen LogP contribution in [-0.2, 0) is 4.74 Å². The molecule has 1 saturated carbocycles. The lowest BCUT2D eigenvalue weighted by Crippen LogP contribution is -2.33. The van der Waals surface area contributed by atoms with Gasteiger partial charge in [0.25, 0.3) is 0 Å². The fraction of sp³-hybridized carbons (Fsp3) is 0.909. The van der Waals surface area contributed by atoms with E-state index in [9.17, 15) is 0 Å². The molecule has 0 heterocycles. The van der Waals surface area contributed by atoms with Crippen LogP contribution in [0.25, 0.3) is 0 Å². The first kappa shape index (κ1) is 11.5. The largest absolute Gasteiger partial charge is 0.379 e. The Morgan fingerprint density at radius 2 is 2.21 bits per heavy atom. The van der Waals surface area contributed by atoms with E-state index < -0.39 is 0 Å². The molecule has 0 spiro atoms. The maximum atomic E-state index is 8.82. The Morgan fingerprint density at radius 1 is 1.50 bits per heavy atom. The summed E-state index contributed by atoms with van der Waals surface area (Å²) in [5.74, 6) is 0.673. The van der Waals surface area contributed by atoms with Crippen molar-refractivity contribution in [3.05, 3.63) is 0 Å². The lowest BCUT2D eigenvalue weighted by Gasteiger charge is -2.11. The number of hydrogen-bond acceptors (Lipinski definition) is 3. The minimum absolute atomic E-state index is 0.116. The predicted octanol–water partition coefficient (Wildman–Crippen LogP) is 1.69. The molecule has 1 aliphatic rings. The quantitative estimate of drug-likeness (QED) is 0.630. The molecule has 3 nitrogen and oxygen atoms in total. The van der Waals surface area contributed by atoms with Gasteiger partial charge in [-0.1, -0.05) is 13.8 Å². The maximum absolute atomic E-state index is 8.82. The SMILES string of the molecule is CC(C)CCOCC(C#N)NC1CC1. The Labute approximate surface area is 86.4 Å². The maximum Gasteiger partial charge on any atom is 0.119 e. The molecule has 1 fully saturated rings. The van der Waals surface area contributed by atoms with E-state index in [2.05, 4.69) is 25.2 Å². The molecule has 0 bridgehead atoms. The smallest absolute Gasteiger partial charge is 0.119 e. The lowest BCUT2D eigenvalue weighted by molar-refractivity contribution is 0.113. The summed E-state index contributed by atoms with van der Waals surface area (Å²) in [5, 5.41) is 12.1. The second-order valence-corrected chi connectivity index (χ2v) is 4.38. The Kier molecular flexibility index (Phi) is 4.92. The first-order chi connectivity index (χ1) is 6.72. The van der Waals surface area contributed by atoms with E-state index in [1.807, 2.05) is 0 Å². The summed E-state index contributed by atoms with van der Waals surface area (Å²) in [6, 6.07) is 2.69. The highest BCUT2D eigenvalue weighted by molar-refractivity contribution is 4.95. The molecule has 1 aliphatic carbocycles. The van der Waals surface area contributed by atoms with Crippen molar-refractivity contribution in [1.29, 1.82) is 5.26 Å². The van der Waals surface area contributed by atoms with Crippen LogP contribution in [0.15, 0.2) is 0 Å². The molecule has 1 N–H and O–H groups in total. The summed E-state index contributed by atoms with van der Waals surface area (Å²) in [4.78, 5) is 0. The second-order valence-electron chi connectivity index (χ2n) is 4.38. The average molecular weight is 196 g/mol. The standard InChI is InChI=1S/C11H20N2O/c1-9(2)5-6-14-8-11(7-12)13-10-3-4-10/h9-11,13H,3-6,8H2,1-2H3. The van der Waals surface area contributed by atoms with E-state index in [1.165, 1.54) is 12.8 Å². The summed E-state index contributed by atoms with van der Waals surface area (Å²) < 4.78 is 5.44. The monoisotopic (exact) mass is 196 g/mol. The third kappa shape index (κ3) is 5.21. The molecule has 0 aromatic heterocycles. The summed E-state index contributed by atoms with van der Waals surface area (Å²) in [6.07, 6.45) is 3.50. The molecule has 0 saturated heterocycles. The van der Waals surface area contributed by atoms with E-state index in [0.717, 1.165) is 13.0 Å². The molecule has 1 rings (SSSR count). The van der Waals surface area contributed by atoms with Gasteiger partial charge in [-0.2, -0.15) is 5.26 Å². The first-order valence-corrected chi connectivity index (χ1v) is 5.45. The summed E-state index contributed by atoms with van der Waals surface area (Å²) in [7, 11) is 0. The third-order valence-corrected chi connectivity index (χ3v) is 2.29.